The molecule has 5 heteroatoms. The molecule has 8 rings (SSSR count). The van der Waals surface area contributed by atoms with Gasteiger partial charge in [0.25, 0.3) is 0 Å². The molecular weight excluding hydrogens is 568 g/mol. The molecule has 1 aliphatic rings. The Balaban J connectivity index is 1.04. The number of benzene rings is 7. The van der Waals surface area contributed by atoms with Gasteiger partial charge in [-0.1, -0.05) is 66.7 Å². The molecule has 220 valence electrons. The van der Waals surface area contributed by atoms with Gasteiger partial charge in [0.05, 0.1) is 0 Å². The van der Waals surface area contributed by atoms with Crippen LogP contribution < -0.4 is 20.1 Å². The molecule has 0 unspecified atom stereocenters. The van der Waals surface area contributed by atoms with Gasteiger partial charge in [0, 0.05) is 44.6 Å². The van der Waals surface area contributed by atoms with E-state index in [0.29, 0.717) is 11.1 Å². The lowest BCUT2D eigenvalue weighted by Crippen LogP contribution is -2.11. The summed E-state index contributed by atoms with van der Waals surface area (Å²) in [5, 5.41) is 8.95. The number of fused-ring (bicyclic) bond motifs is 2. The first-order valence-electron chi connectivity index (χ1n) is 15.1. The van der Waals surface area contributed by atoms with Gasteiger partial charge in [0.2, 0.25) is 0 Å². The third-order valence-corrected chi connectivity index (χ3v) is 8.07. The Morgan fingerprint density at radius 1 is 0.391 bits per heavy atom. The van der Waals surface area contributed by atoms with E-state index >= 15 is 0 Å². The average Bonchev–Trinajstić information content (AvgIpc) is 3.10. The summed E-state index contributed by atoms with van der Waals surface area (Å²) >= 11 is 0. The first-order chi connectivity index (χ1) is 22.7. The second-order valence-electron chi connectivity index (χ2n) is 11.1. The summed E-state index contributed by atoms with van der Waals surface area (Å²) in [6.45, 7) is 0. The van der Waals surface area contributed by atoms with E-state index in [2.05, 4.69) is 28.8 Å². The standard InChI is InChI=1S/C41H28N2O3/c44-41-37-13-7-12-36-39(43-28-16-21-33(22-17-28)46-31-10-5-2-6-11-31)25-24-35(40(36)37)34-23-18-29(26-38(34)41)42-27-14-19-32(20-15-27)45-30-8-3-1-4-9-30/h1-26,42-43H. The molecule has 46 heavy (non-hydrogen) atoms. The summed E-state index contributed by atoms with van der Waals surface area (Å²) in [4.78, 5) is 13.9. The summed E-state index contributed by atoms with van der Waals surface area (Å²) in [5.41, 5.74) is 6.98. The van der Waals surface area contributed by atoms with Crippen LogP contribution in [-0.2, 0) is 0 Å². The second kappa shape index (κ2) is 11.6. The predicted octanol–water partition coefficient (Wildman–Crippen LogP) is 11.1. The number of hydrogen-bond acceptors (Lipinski definition) is 5. The van der Waals surface area contributed by atoms with Crippen molar-refractivity contribution in [1.82, 2.24) is 0 Å². The van der Waals surface area contributed by atoms with Gasteiger partial charge < -0.3 is 20.1 Å². The molecule has 0 fully saturated rings. The van der Waals surface area contributed by atoms with Gasteiger partial charge >= 0.3 is 0 Å². The molecule has 0 aromatic heterocycles. The highest BCUT2D eigenvalue weighted by molar-refractivity contribution is 6.27. The van der Waals surface area contributed by atoms with E-state index in [1.807, 2.05) is 140 Å². The van der Waals surface area contributed by atoms with Crippen LogP contribution in [-0.4, -0.2) is 5.78 Å². The first kappa shape index (κ1) is 27.2. The lowest BCUT2D eigenvalue weighted by molar-refractivity contribution is 0.104. The first-order valence-corrected chi connectivity index (χ1v) is 15.1. The molecule has 1 aliphatic carbocycles. The highest BCUT2D eigenvalue weighted by atomic mass is 16.5. The zero-order chi connectivity index (χ0) is 30.9. The summed E-state index contributed by atoms with van der Waals surface area (Å²) in [6.07, 6.45) is 0. The van der Waals surface area contributed by atoms with Crippen molar-refractivity contribution in [3.8, 4) is 34.1 Å². The number of hydrogen-bond donors (Lipinski definition) is 2. The molecule has 0 heterocycles. The molecule has 0 radical (unpaired) electrons. The number of carbonyl (C=O) groups excluding carboxylic acids is 1. The molecule has 0 spiro atoms. The molecular formula is C41H28N2O3. The van der Waals surface area contributed by atoms with E-state index in [1.165, 1.54) is 0 Å². The van der Waals surface area contributed by atoms with Gasteiger partial charge in [0.15, 0.2) is 5.78 Å². The molecule has 0 saturated heterocycles. The number of ether oxygens (including phenoxy) is 2. The van der Waals surface area contributed by atoms with Gasteiger partial charge in [-0.15, -0.1) is 0 Å². The van der Waals surface area contributed by atoms with E-state index in [9.17, 15) is 4.79 Å². The van der Waals surface area contributed by atoms with Crippen LogP contribution in [0, 0.1) is 0 Å². The number of para-hydroxylation sites is 2. The Bertz CT molecular complexity index is 2200. The molecule has 0 aliphatic heterocycles. The van der Waals surface area contributed by atoms with Gasteiger partial charge in [-0.05, 0) is 102 Å². The molecule has 2 N–H and O–H groups in total. The van der Waals surface area contributed by atoms with Gasteiger partial charge in [-0.3, -0.25) is 4.79 Å². The smallest absolute Gasteiger partial charge is 0.194 e. The van der Waals surface area contributed by atoms with E-state index in [1.54, 1.807) is 0 Å². The van der Waals surface area contributed by atoms with E-state index in [0.717, 1.165) is 67.6 Å². The van der Waals surface area contributed by atoms with Crippen molar-refractivity contribution in [3.05, 3.63) is 169 Å². The molecule has 5 nitrogen and oxygen atoms in total. The van der Waals surface area contributed by atoms with Crippen LogP contribution in [0.25, 0.3) is 21.9 Å². The monoisotopic (exact) mass is 596 g/mol. The Kier molecular flexibility index (Phi) is 6.89. The third kappa shape index (κ3) is 5.31. The van der Waals surface area contributed by atoms with E-state index in [4.69, 9.17) is 9.47 Å². The van der Waals surface area contributed by atoms with Crippen LogP contribution in [0.2, 0.25) is 0 Å². The molecule has 0 bridgehead atoms. The highest BCUT2D eigenvalue weighted by Gasteiger charge is 2.26. The summed E-state index contributed by atoms with van der Waals surface area (Å²) < 4.78 is 11.9. The maximum Gasteiger partial charge on any atom is 0.194 e. The van der Waals surface area contributed by atoms with Crippen LogP contribution in [0.5, 0.6) is 23.0 Å². The zero-order valence-corrected chi connectivity index (χ0v) is 24.7. The van der Waals surface area contributed by atoms with E-state index in [-0.39, 0.29) is 5.78 Å². The normalized spacial score (nSPS) is 11.5. The molecule has 0 atom stereocenters. The van der Waals surface area contributed by atoms with Crippen LogP contribution in [0.3, 0.4) is 0 Å². The largest absolute Gasteiger partial charge is 0.457 e. The summed E-state index contributed by atoms with van der Waals surface area (Å²) in [7, 11) is 0. The lowest BCUT2D eigenvalue weighted by Gasteiger charge is -2.22. The molecule has 7 aromatic rings. The molecule has 0 amide bonds. The average molecular weight is 597 g/mol. The fourth-order valence-corrected chi connectivity index (χ4v) is 5.90. The fraction of sp³-hybridized carbons (Fsp3) is 0. The van der Waals surface area contributed by atoms with Crippen molar-refractivity contribution in [2.75, 3.05) is 10.6 Å². The Hall–Kier alpha value is -6.33. The SMILES string of the molecule is O=C1c2cc(Nc3ccc(Oc4ccccc4)cc3)ccc2-c2ccc(Nc3ccc(Oc4ccccc4)cc3)c3cccc1c23. The fourth-order valence-electron chi connectivity index (χ4n) is 5.90. The molecule has 7 aromatic carbocycles. The number of rotatable bonds is 8. The van der Waals surface area contributed by atoms with Crippen LogP contribution >= 0.6 is 0 Å². The van der Waals surface area contributed by atoms with Crippen LogP contribution in [0.15, 0.2) is 158 Å². The van der Waals surface area contributed by atoms with Gasteiger partial charge in [-0.2, -0.15) is 0 Å². The van der Waals surface area contributed by atoms with Crippen molar-refractivity contribution in [3.63, 3.8) is 0 Å². The third-order valence-electron chi connectivity index (χ3n) is 8.07. The van der Waals surface area contributed by atoms with Crippen LogP contribution in [0.4, 0.5) is 22.7 Å². The minimum Gasteiger partial charge on any atom is -0.457 e. The minimum atomic E-state index is 0.0166. The maximum atomic E-state index is 13.9. The Morgan fingerprint density at radius 2 is 0.935 bits per heavy atom. The van der Waals surface area contributed by atoms with Crippen molar-refractivity contribution in [1.29, 1.82) is 0 Å². The van der Waals surface area contributed by atoms with Crippen LogP contribution in [0.1, 0.15) is 15.9 Å². The van der Waals surface area contributed by atoms with E-state index < -0.39 is 0 Å². The zero-order valence-electron chi connectivity index (χ0n) is 24.7. The number of nitrogens with one attached hydrogen (secondary N) is 2. The van der Waals surface area contributed by atoms with Crippen molar-refractivity contribution < 1.29 is 14.3 Å². The quantitative estimate of drug-likeness (QED) is 0.183. The topological polar surface area (TPSA) is 59.6 Å². The lowest BCUT2D eigenvalue weighted by atomic mass is 9.82. The summed E-state index contributed by atoms with van der Waals surface area (Å²) in [5.74, 6) is 3.12. The minimum absolute atomic E-state index is 0.0166. The molecule has 0 saturated carbocycles. The summed E-state index contributed by atoms with van der Waals surface area (Å²) in [6, 6.07) is 51.2. The second-order valence-corrected chi connectivity index (χ2v) is 11.1. The number of carbonyl (C=O) groups is 1. The van der Waals surface area contributed by atoms with Crippen molar-refractivity contribution in [2.45, 2.75) is 0 Å². The Morgan fingerprint density at radius 3 is 1.57 bits per heavy atom. The maximum absolute atomic E-state index is 13.9. The highest BCUT2D eigenvalue weighted by Crippen LogP contribution is 2.43. The Labute approximate surface area is 266 Å². The number of anilines is 4. The predicted molar refractivity (Wildman–Crippen MR) is 185 cm³/mol. The van der Waals surface area contributed by atoms with Gasteiger partial charge in [0.1, 0.15) is 23.0 Å². The number of ketones is 1. The van der Waals surface area contributed by atoms with Gasteiger partial charge in [-0.25, -0.2) is 0 Å². The van der Waals surface area contributed by atoms with Crippen molar-refractivity contribution >= 4 is 39.3 Å². The van der Waals surface area contributed by atoms with Crippen molar-refractivity contribution in [2.24, 2.45) is 0 Å².